The molecule has 6 heteroatoms. The van der Waals surface area contributed by atoms with Crippen molar-refractivity contribution in [2.24, 2.45) is 5.41 Å². The topological polar surface area (TPSA) is 71.8 Å². The largest absolute Gasteiger partial charge is 0.508 e. The summed E-state index contributed by atoms with van der Waals surface area (Å²) in [4.78, 5) is 28.5. The molecule has 0 bridgehead atoms. The van der Waals surface area contributed by atoms with Gasteiger partial charge in [0.1, 0.15) is 5.75 Å². The molecule has 2 atom stereocenters. The third kappa shape index (κ3) is 3.48. The molecule has 192 valence electrons. The molecule has 2 saturated carbocycles. The Kier molecular flexibility index (Phi) is 5.26. The molecule has 6 nitrogen and oxygen atoms in total. The van der Waals surface area contributed by atoms with E-state index in [2.05, 4.69) is 16.7 Å². The zero-order valence-corrected chi connectivity index (χ0v) is 21.5. The molecule has 1 aromatic heterocycles. The molecule has 2 aliphatic carbocycles. The summed E-state index contributed by atoms with van der Waals surface area (Å²) in [6.07, 6.45) is 6.84. The van der Waals surface area contributed by atoms with E-state index in [0.717, 1.165) is 35.9 Å². The number of aromatic nitrogens is 1. The van der Waals surface area contributed by atoms with Crippen molar-refractivity contribution in [3.63, 3.8) is 0 Å². The number of fused-ring (bicyclic) bond motifs is 7. The van der Waals surface area contributed by atoms with Crippen LogP contribution in [0, 0.1) is 5.41 Å². The summed E-state index contributed by atoms with van der Waals surface area (Å²) in [7, 11) is 0. The van der Waals surface area contributed by atoms with Gasteiger partial charge in [-0.3, -0.25) is 9.59 Å². The van der Waals surface area contributed by atoms with E-state index in [1.54, 1.807) is 13.0 Å². The van der Waals surface area contributed by atoms with E-state index >= 15 is 0 Å². The molecule has 3 fully saturated rings. The number of Topliss-reactive ketones (excluding diaryl/α,β-unsaturated/α-hetero) is 1. The second kappa shape index (κ2) is 8.45. The van der Waals surface area contributed by atoms with Crippen LogP contribution in [0.5, 0.6) is 5.75 Å². The summed E-state index contributed by atoms with van der Waals surface area (Å²) in [6, 6.07) is 11.9. The summed E-state index contributed by atoms with van der Waals surface area (Å²) >= 11 is 0. The van der Waals surface area contributed by atoms with Crippen LogP contribution >= 0.6 is 0 Å². The monoisotopic (exact) mass is 498 g/mol. The molecule has 0 spiro atoms. The Morgan fingerprint density at radius 2 is 1.81 bits per heavy atom. The quantitative estimate of drug-likeness (QED) is 0.477. The van der Waals surface area contributed by atoms with Gasteiger partial charge in [-0.1, -0.05) is 31.4 Å². The van der Waals surface area contributed by atoms with Crippen LogP contribution in [0.2, 0.25) is 0 Å². The summed E-state index contributed by atoms with van der Waals surface area (Å²) in [5.74, 6) is 1.04. The fraction of sp³-hybridized carbons (Fsp3) is 0.484. The maximum absolute atomic E-state index is 14.1. The fourth-order valence-corrected chi connectivity index (χ4v) is 7.46. The number of ether oxygens (including phenoxy) is 1. The summed E-state index contributed by atoms with van der Waals surface area (Å²) in [5, 5.41) is 11.7. The molecule has 7 rings (SSSR count). The van der Waals surface area contributed by atoms with Crippen molar-refractivity contribution in [1.29, 1.82) is 0 Å². The minimum Gasteiger partial charge on any atom is -0.508 e. The van der Waals surface area contributed by atoms with Crippen LogP contribution in [-0.2, 0) is 16.1 Å². The van der Waals surface area contributed by atoms with Crippen LogP contribution in [-0.4, -0.2) is 52.6 Å². The lowest BCUT2D eigenvalue weighted by Crippen LogP contribution is -2.45. The maximum Gasteiger partial charge on any atom is 0.231 e. The first-order chi connectivity index (χ1) is 18.0. The third-order valence-electron chi connectivity index (χ3n) is 9.43. The molecule has 4 aliphatic rings. The van der Waals surface area contributed by atoms with Crippen molar-refractivity contribution >= 4 is 22.6 Å². The van der Waals surface area contributed by atoms with E-state index in [1.165, 1.54) is 35.9 Å². The van der Waals surface area contributed by atoms with E-state index in [9.17, 15) is 14.7 Å². The fourth-order valence-electron chi connectivity index (χ4n) is 7.46. The number of phenolic OH excluding ortho intramolecular Hbond substituents is 1. The van der Waals surface area contributed by atoms with Crippen molar-refractivity contribution in [3.05, 3.63) is 53.1 Å². The molecule has 2 aromatic carbocycles. The molecule has 3 aromatic rings. The van der Waals surface area contributed by atoms with Gasteiger partial charge in [0.25, 0.3) is 0 Å². The van der Waals surface area contributed by atoms with Gasteiger partial charge in [0.05, 0.1) is 24.3 Å². The Hall–Kier alpha value is -3.12. The number of morpholine rings is 1. The van der Waals surface area contributed by atoms with Gasteiger partial charge < -0.3 is 19.3 Å². The number of benzene rings is 2. The van der Waals surface area contributed by atoms with Gasteiger partial charge in [0, 0.05) is 47.6 Å². The van der Waals surface area contributed by atoms with Gasteiger partial charge in [0.15, 0.2) is 5.78 Å². The number of amides is 1. The van der Waals surface area contributed by atoms with E-state index in [-0.39, 0.29) is 23.4 Å². The van der Waals surface area contributed by atoms with Gasteiger partial charge in [-0.05, 0) is 67.5 Å². The minimum absolute atomic E-state index is 0.0546. The smallest absolute Gasteiger partial charge is 0.231 e. The van der Waals surface area contributed by atoms with Crippen LogP contribution in [0.4, 0.5) is 0 Å². The van der Waals surface area contributed by atoms with E-state index in [4.69, 9.17) is 4.74 Å². The predicted octanol–water partition coefficient (Wildman–Crippen LogP) is 5.61. The highest BCUT2D eigenvalue weighted by atomic mass is 16.5. The summed E-state index contributed by atoms with van der Waals surface area (Å²) < 4.78 is 7.90. The van der Waals surface area contributed by atoms with Crippen LogP contribution in [0.3, 0.4) is 0 Å². The second-order valence-corrected chi connectivity index (χ2v) is 11.6. The van der Waals surface area contributed by atoms with Crippen LogP contribution < -0.4 is 0 Å². The molecular formula is C31H34N2O4. The number of phenols is 1. The van der Waals surface area contributed by atoms with Crippen LogP contribution in [0.15, 0.2) is 36.4 Å². The number of carbonyl (C=O) groups is 2. The van der Waals surface area contributed by atoms with Crippen molar-refractivity contribution in [2.75, 3.05) is 26.3 Å². The lowest BCUT2D eigenvalue weighted by Gasteiger charge is -2.31. The highest BCUT2D eigenvalue weighted by molar-refractivity contribution is 6.01. The second-order valence-electron chi connectivity index (χ2n) is 11.6. The van der Waals surface area contributed by atoms with Gasteiger partial charge >= 0.3 is 0 Å². The molecule has 1 amide bonds. The highest BCUT2D eigenvalue weighted by Crippen LogP contribution is 2.66. The van der Waals surface area contributed by atoms with E-state index in [1.807, 2.05) is 23.1 Å². The first-order valence-electron chi connectivity index (χ1n) is 13.9. The number of hydrogen-bond acceptors (Lipinski definition) is 4. The minimum atomic E-state index is -0.535. The van der Waals surface area contributed by atoms with Crippen molar-refractivity contribution in [1.82, 2.24) is 9.47 Å². The van der Waals surface area contributed by atoms with Crippen LogP contribution in [0.25, 0.3) is 22.2 Å². The molecule has 0 radical (unpaired) electrons. The molecular weight excluding hydrogens is 464 g/mol. The molecule has 37 heavy (non-hydrogen) atoms. The summed E-state index contributed by atoms with van der Waals surface area (Å²) in [5.41, 5.74) is 6.02. The number of aromatic hydroxyl groups is 1. The van der Waals surface area contributed by atoms with Crippen molar-refractivity contribution in [2.45, 2.75) is 63.8 Å². The predicted molar refractivity (Wildman–Crippen MR) is 142 cm³/mol. The Labute approximate surface area is 217 Å². The number of rotatable bonds is 3. The molecule has 2 unspecified atom stereocenters. The highest BCUT2D eigenvalue weighted by Gasteiger charge is 2.63. The van der Waals surface area contributed by atoms with Crippen LogP contribution in [0.1, 0.15) is 78.8 Å². The number of nitrogens with zero attached hydrogens (tertiary/aromatic N) is 2. The standard InChI is InChI=1S/C31H34N2O4/c1-19(34)21-7-9-24-27(15-21)33-18-31(30(36)32-11-13-37-14-12-32)17-26(31)25-16-22(35)8-10-23(25)29(33)28(24)20-5-3-2-4-6-20/h7-10,15-16,20,26,35H,2-6,11-14,17-18H2,1H3. The van der Waals surface area contributed by atoms with Gasteiger partial charge in [0.2, 0.25) is 5.91 Å². The van der Waals surface area contributed by atoms with E-state index < -0.39 is 5.41 Å². The van der Waals surface area contributed by atoms with Gasteiger partial charge in [-0.15, -0.1) is 0 Å². The number of hydrogen-bond donors (Lipinski definition) is 1. The average molecular weight is 499 g/mol. The number of carbonyl (C=O) groups excluding carboxylic acids is 2. The average Bonchev–Trinajstić information content (AvgIpc) is 3.59. The van der Waals surface area contributed by atoms with Crippen molar-refractivity contribution < 1.29 is 19.4 Å². The van der Waals surface area contributed by atoms with Crippen molar-refractivity contribution in [3.8, 4) is 17.0 Å². The maximum atomic E-state index is 14.1. The zero-order valence-electron chi connectivity index (χ0n) is 21.5. The third-order valence-corrected chi connectivity index (χ3v) is 9.43. The SMILES string of the molecule is CC(=O)c1ccc2c(C3CCCCC3)c3n(c2c1)CC1(C(=O)N2CCOCC2)CC1c1cc(O)ccc1-3. The van der Waals surface area contributed by atoms with Gasteiger partial charge in [-0.2, -0.15) is 0 Å². The van der Waals surface area contributed by atoms with Gasteiger partial charge in [-0.25, -0.2) is 0 Å². The Morgan fingerprint density at radius 3 is 2.57 bits per heavy atom. The summed E-state index contributed by atoms with van der Waals surface area (Å²) in [6.45, 7) is 4.63. The molecule has 1 N–H and O–H groups in total. The normalized spacial score (nSPS) is 25.2. The molecule has 1 saturated heterocycles. The van der Waals surface area contributed by atoms with E-state index in [0.29, 0.717) is 44.3 Å². The first kappa shape index (κ1) is 23.0. The Bertz CT molecular complexity index is 1430. The Morgan fingerprint density at radius 1 is 1.03 bits per heavy atom. The number of ketones is 1. The molecule has 2 aliphatic heterocycles. The Balaban J connectivity index is 1.49. The molecule has 3 heterocycles. The lowest BCUT2D eigenvalue weighted by atomic mass is 9.81. The first-order valence-corrected chi connectivity index (χ1v) is 13.9. The zero-order chi connectivity index (χ0) is 25.3. The lowest BCUT2D eigenvalue weighted by molar-refractivity contribution is -0.141.